The zero-order valence-electron chi connectivity index (χ0n) is 9.66. The second-order valence-corrected chi connectivity index (χ2v) is 3.97. The summed E-state index contributed by atoms with van der Waals surface area (Å²) in [6, 6.07) is 10.7. The van der Waals surface area contributed by atoms with Gasteiger partial charge < -0.3 is 0 Å². The zero-order valence-corrected chi connectivity index (χ0v) is 9.66. The molecule has 0 aliphatic rings. The van der Waals surface area contributed by atoms with Crippen LogP contribution in [0.3, 0.4) is 0 Å². The summed E-state index contributed by atoms with van der Waals surface area (Å²) in [6.45, 7) is 4.47. The van der Waals surface area contributed by atoms with Gasteiger partial charge in [0.25, 0.3) is 0 Å². The average molecular weight is 201 g/mol. The first kappa shape index (κ1) is 11.8. The smallest absolute Gasteiger partial charge is 0.0669 e. The van der Waals surface area contributed by atoms with Crippen LogP contribution in [-0.4, -0.2) is 0 Å². The molecular formula is C14H19N. The van der Waals surface area contributed by atoms with E-state index in [1.165, 1.54) is 24.8 Å². The van der Waals surface area contributed by atoms with Gasteiger partial charge in [-0.2, -0.15) is 5.26 Å². The van der Waals surface area contributed by atoms with Crippen LogP contribution in [0.4, 0.5) is 0 Å². The number of hydrogen-bond acceptors (Lipinski definition) is 1. The molecule has 0 aliphatic carbocycles. The maximum absolute atomic E-state index is 8.58. The molecule has 15 heavy (non-hydrogen) atoms. The minimum Gasteiger partial charge on any atom is -0.198 e. The van der Waals surface area contributed by atoms with Crippen molar-refractivity contribution < 1.29 is 0 Å². The van der Waals surface area contributed by atoms with Crippen LogP contribution in [0.15, 0.2) is 24.3 Å². The minimum absolute atomic E-state index is 0.519. The van der Waals surface area contributed by atoms with Gasteiger partial charge in [0.15, 0.2) is 0 Å². The van der Waals surface area contributed by atoms with Crippen LogP contribution in [-0.2, 0) is 6.42 Å². The van der Waals surface area contributed by atoms with E-state index in [2.05, 4.69) is 44.2 Å². The summed E-state index contributed by atoms with van der Waals surface area (Å²) in [7, 11) is 0. The molecule has 1 aromatic carbocycles. The summed E-state index contributed by atoms with van der Waals surface area (Å²) in [5, 5.41) is 8.58. The van der Waals surface area contributed by atoms with E-state index < -0.39 is 0 Å². The highest BCUT2D eigenvalue weighted by atomic mass is 14.2. The molecular weight excluding hydrogens is 182 g/mol. The fourth-order valence-corrected chi connectivity index (χ4v) is 1.95. The van der Waals surface area contributed by atoms with Gasteiger partial charge in [0, 0.05) is 0 Å². The summed E-state index contributed by atoms with van der Waals surface area (Å²) >= 11 is 0. The van der Waals surface area contributed by atoms with Crippen LogP contribution >= 0.6 is 0 Å². The van der Waals surface area contributed by atoms with E-state index >= 15 is 0 Å². The molecule has 0 spiro atoms. The summed E-state index contributed by atoms with van der Waals surface area (Å²) in [4.78, 5) is 0. The largest absolute Gasteiger partial charge is 0.198 e. The predicted octanol–water partition coefficient (Wildman–Crippen LogP) is 4.05. The molecule has 1 rings (SSSR count). The molecule has 1 nitrogen and oxygen atoms in total. The Bertz CT molecular complexity index is 318. The van der Waals surface area contributed by atoms with Gasteiger partial charge in [-0.25, -0.2) is 0 Å². The van der Waals surface area contributed by atoms with E-state index in [4.69, 9.17) is 5.26 Å². The van der Waals surface area contributed by atoms with Crippen molar-refractivity contribution in [1.29, 1.82) is 5.26 Å². The first-order valence-corrected chi connectivity index (χ1v) is 5.77. The third-order valence-electron chi connectivity index (χ3n) is 2.86. The molecule has 0 N–H and O–H groups in total. The van der Waals surface area contributed by atoms with Crippen LogP contribution in [0, 0.1) is 11.3 Å². The van der Waals surface area contributed by atoms with Crippen molar-refractivity contribution in [2.75, 3.05) is 0 Å². The van der Waals surface area contributed by atoms with Crippen LogP contribution in [0.5, 0.6) is 0 Å². The van der Waals surface area contributed by atoms with Gasteiger partial charge >= 0.3 is 0 Å². The summed E-state index contributed by atoms with van der Waals surface area (Å²) < 4.78 is 0. The molecule has 1 aromatic rings. The number of rotatable bonds is 5. The Balaban J connectivity index is 2.73. The lowest BCUT2D eigenvalue weighted by Crippen LogP contribution is -1.96. The standard InChI is InChI=1S/C14H19N/c1-3-5-13(4-2)14-8-6-12(7-9-14)10-11-15/h6-9,13H,3-5,10H2,1-2H3. The molecule has 80 valence electrons. The first-order valence-electron chi connectivity index (χ1n) is 5.77. The quantitative estimate of drug-likeness (QED) is 0.705. The number of hydrogen-bond donors (Lipinski definition) is 0. The van der Waals surface area contributed by atoms with E-state index in [1.807, 2.05) is 0 Å². The molecule has 0 radical (unpaired) electrons. The van der Waals surface area contributed by atoms with E-state index in [0.717, 1.165) is 5.56 Å². The number of benzene rings is 1. The number of nitriles is 1. The van der Waals surface area contributed by atoms with Crippen molar-refractivity contribution in [3.63, 3.8) is 0 Å². The molecule has 0 fully saturated rings. The molecule has 1 heteroatoms. The molecule has 1 unspecified atom stereocenters. The Labute approximate surface area is 92.7 Å². The lowest BCUT2D eigenvalue weighted by Gasteiger charge is -2.14. The second-order valence-electron chi connectivity index (χ2n) is 3.97. The summed E-state index contributed by atoms with van der Waals surface area (Å²) in [5.74, 6) is 0.686. The highest BCUT2D eigenvalue weighted by Gasteiger charge is 2.07. The van der Waals surface area contributed by atoms with Gasteiger partial charge in [-0.05, 0) is 29.9 Å². The van der Waals surface area contributed by atoms with Crippen molar-refractivity contribution in [2.45, 2.75) is 45.4 Å². The van der Waals surface area contributed by atoms with Gasteiger partial charge in [0.05, 0.1) is 12.5 Å². The molecule has 1 atom stereocenters. The Morgan fingerprint density at radius 3 is 2.33 bits per heavy atom. The Kier molecular flexibility index (Phi) is 4.90. The van der Waals surface area contributed by atoms with E-state index in [0.29, 0.717) is 12.3 Å². The van der Waals surface area contributed by atoms with Gasteiger partial charge in [-0.15, -0.1) is 0 Å². The van der Waals surface area contributed by atoms with Gasteiger partial charge in [0.1, 0.15) is 0 Å². The van der Waals surface area contributed by atoms with Crippen molar-refractivity contribution in [2.24, 2.45) is 0 Å². The van der Waals surface area contributed by atoms with Crippen LogP contribution in [0.1, 0.15) is 50.2 Å². The van der Waals surface area contributed by atoms with Gasteiger partial charge in [-0.3, -0.25) is 0 Å². The maximum Gasteiger partial charge on any atom is 0.0669 e. The highest BCUT2D eigenvalue weighted by molar-refractivity contribution is 5.26. The SMILES string of the molecule is CCCC(CC)c1ccc(CC#N)cc1. The second kappa shape index (κ2) is 6.24. The topological polar surface area (TPSA) is 23.8 Å². The van der Waals surface area contributed by atoms with E-state index in [-0.39, 0.29) is 0 Å². The minimum atomic E-state index is 0.519. The average Bonchev–Trinajstić information content (AvgIpc) is 2.28. The van der Waals surface area contributed by atoms with Gasteiger partial charge in [-0.1, -0.05) is 44.5 Å². The predicted molar refractivity (Wildman–Crippen MR) is 63.7 cm³/mol. The Hall–Kier alpha value is -1.29. The molecule has 0 saturated heterocycles. The lowest BCUT2D eigenvalue weighted by molar-refractivity contribution is 0.596. The fraction of sp³-hybridized carbons (Fsp3) is 0.500. The van der Waals surface area contributed by atoms with Crippen LogP contribution in [0.25, 0.3) is 0 Å². The lowest BCUT2D eigenvalue weighted by atomic mass is 9.91. The van der Waals surface area contributed by atoms with Crippen molar-refractivity contribution in [3.05, 3.63) is 35.4 Å². The molecule has 0 aliphatic heterocycles. The van der Waals surface area contributed by atoms with Crippen molar-refractivity contribution >= 4 is 0 Å². The first-order chi connectivity index (χ1) is 7.31. The summed E-state index contributed by atoms with van der Waals surface area (Å²) in [6.07, 6.45) is 4.21. The fourth-order valence-electron chi connectivity index (χ4n) is 1.95. The Morgan fingerprint density at radius 2 is 1.87 bits per heavy atom. The van der Waals surface area contributed by atoms with Crippen molar-refractivity contribution in [1.82, 2.24) is 0 Å². The number of nitrogens with zero attached hydrogens (tertiary/aromatic N) is 1. The normalized spacial score (nSPS) is 12.1. The highest BCUT2D eigenvalue weighted by Crippen LogP contribution is 2.24. The molecule has 0 bridgehead atoms. The summed E-state index contributed by atoms with van der Waals surface area (Å²) in [5.41, 5.74) is 2.54. The third kappa shape index (κ3) is 3.40. The monoisotopic (exact) mass is 201 g/mol. The molecule has 0 aromatic heterocycles. The van der Waals surface area contributed by atoms with E-state index in [9.17, 15) is 0 Å². The van der Waals surface area contributed by atoms with Crippen molar-refractivity contribution in [3.8, 4) is 6.07 Å². The zero-order chi connectivity index (χ0) is 11.1. The van der Waals surface area contributed by atoms with Crippen LogP contribution < -0.4 is 0 Å². The third-order valence-corrected chi connectivity index (χ3v) is 2.86. The Morgan fingerprint density at radius 1 is 1.20 bits per heavy atom. The van der Waals surface area contributed by atoms with E-state index in [1.54, 1.807) is 0 Å². The molecule has 0 saturated carbocycles. The van der Waals surface area contributed by atoms with Gasteiger partial charge in [0.2, 0.25) is 0 Å². The molecule has 0 amide bonds. The maximum atomic E-state index is 8.58. The molecule has 0 heterocycles. The van der Waals surface area contributed by atoms with Crippen LogP contribution in [0.2, 0.25) is 0 Å².